The molecule has 0 spiro atoms. The minimum Gasteiger partial charge on any atom is -0.490 e. The number of benzene rings is 2. The lowest BCUT2D eigenvalue weighted by atomic mass is 10.1. The summed E-state index contributed by atoms with van der Waals surface area (Å²) in [4.78, 5) is 40.0. The molecule has 0 aliphatic carbocycles. The Morgan fingerprint density at radius 1 is 0.950 bits per heavy atom. The molecule has 2 heterocycles. The maximum absolute atomic E-state index is 13.7. The number of carbonyl (C=O) groups excluding carboxylic acids is 2. The van der Waals surface area contributed by atoms with Crippen LogP contribution in [-0.2, 0) is 4.74 Å². The Kier molecular flexibility index (Phi) is 9.43. The number of ether oxygens (including phenoxy) is 4. The van der Waals surface area contributed by atoms with Gasteiger partial charge in [0.15, 0.2) is 17.2 Å². The molecule has 0 atom stereocenters. The molecule has 0 saturated carbocycles. The van der Waals surface area contributed by atoms with E-state index >= 15 is 0 Å². The molecule has 0 unspecified atom stereocenters. The van der Waals surface area contributed by atoms with E-state index < -0.39 is 17.4 Å². The first-order valence-electron chi connectivity index (χ1n) is 12.7. The summed E-state index contributed by atoms with van der Waals surface area (Å²) >= 11 is 4.49. The van der Waals surface area contributed by atoms with Crippen LogP contribution in [-0.4, -0.2) is 48.1 Å². The summed E-state index contributed by atoms with van der Waals surface area (Å²) in [5.41, 5.74) is 0.149. The van der Waals surface area contributed by atoms with Crippen molar-refractivity contribution in [3.63, 3.8) is 0 Å². The van der Waals surface area contributed by atoms with Gasteiger partial charge in [-0.3, -0.25) is 9.59 Å². The van der Waals surface area contributed by atoms with E-state index in [2.05, 4.69) is 26.3 Å². The minimum atomic E-state index is -0.678. The van der Waals surface area contributed by atoms with Crippen molar-refractivity contribution in [1.82, 2.24) is 9.78 Å². The topological polar surface area (TPSA) is 118 Å². The fraction of sp³-hybridized carbons (Fsp3) is 0.286. The Balaban J connectivity index is 1.83. The monoisotopic (exact) mass is 629 g/mol. The molecule has 0 aliphatic heterocycles. The summed E-state index contributed by atoms with van der Waals surface area (Å²) in [7, 11) is 0. The van der Waals surface area contributed by atoms with E-state index in [0.29, 0.717) is 42.8 Å². The summed E-state index contributed by atoms with van der Waals surface area (Å²) in [6.45, 7) is 8.40. The van der Waals surface area contributed by atoms with Gasteiger partial charge < -0.3 is 24.3 Å². The molecule has 2 aromatic carbocycles. The number of nitrogens with one attached hydrogen (secondary N) is 1. The van der Waals surface area contributed by atoms with E-state index in [4.69, 9.17) is 18.9 Å². The number of thiophene rings is 1. The Morgan fingerprint density at radius 2 is 1.57 bits per heavy atom. The molecule has 10 nitrogen and oxygen atoms in total. The molecule has 2 aromatic heterocycles. The maximum atomic E-state index is 13.7. The lowest BCUT2D eigenvalue weighted by Gasteiger charge is -2.17. The van der Waals surface area contributed by atoms with Crippen LogP contribution in [0.4, 0.5) is 5.00 Å². The first-order valence-corrected chi connectivity index (χ1v) is 14.3. The molecule has 1 amide bonds. The van der Waals surface area contributed by atoms with Gasteiger partial charge in [-0.15, -0.1) is 11.3 Å². The van der Waals surface area contributed by atoms with E-state index in [-0.39, 0.29) is 33.6 Å². The third-order valence-corrected chi connectivity index (χ3v) is 7.01. The highest BCUT2D eigenvalue weighted by Gasteiger charge is 2.24. The highest BCUT2D eigenvalue weighted by Crippen LogP contribution is 2.40. The molecular formula is C28H28BrN3O7S. The predicted octanol–water partition coefficient (Wildman–Crippen LogP) is 5.83. The van der Waals surface area contributed by atoms with Gasteiger partial charge in [0.25, 0.3) is 11.5 Å². The fourth-order valence-corrected chi connectivity index (χ4v) is 5.14. The van der Waals surface area contributed by atoms with Crippen LogP contribution in [0, 0.1) is 0 Å². The van der Waals surface area contributed by atoms with Gasteiger partial charge in [0.2, 0.25) is 5.75 Å². The highest BCUT2D eigenvalue weighted by atomic mass is 79.9. The van der Waals surface area contributed by atoms with E-state index in [9.17, 15) is 14.4 Å². The lowest BCUT2D eigenvalue weighted by Crippen LogP contribution is -2.25. The molecule has 0 aliphatic rings. The van der Waals surface area contributed by atoms with E-state index in [1.54, 1.807) is 48.7 Å². The van der Waals surface area contributed by atoms with Crippen molar-refractivity contribution < 1.29 is 28.5 Å². The van der Waals surface area contributed by atoms with Crippen molar-refractivity contribution in [2.24, 2.45) is 0 Å². The number of aromatic nitrogens is 2. The van der Waals surface area contributed by atoms with Crippen LogP contribution in [0.25, 0.3) is 16.5 Å². The number of esters is 1. The largest absolute Gasteiger partial charge is 0.490 e. The summed E-state index contributed by atoms with van der Waals surface area (Å²) in [6, 6.07) is 10.0. The van der Waals surface area contributed by atoms with Crippen molar-refractivity contribution in [3.05, 3.63) is 67.9 Å². The third-order valence-electron chi connectivity index (χ3n) is 5.59. The number of anilines is 1. The van der Waals surface area contributed by atoms with E-state index in [1.165, 1.54) is 0 Å². The van der Waals surface area contributed by atoms with Crippen LogP contribution in [0.2, 0.25) is 0 Å². The quantitative estimate of drug-likeness (QED) is 0.206. The molecule has 210 valence electrons. The van der Waals surface area contributed by atoms with Crippen molar-refractivity contribution in [1.29, 1.82) is 0 Å². The minimum absolute atomic E-state index is 0.0329. The van der Waals surface area contributed by atoms with E-state index in [1.807, 2.05) is 20.8 Å². The molecule has 12 heteroatoms. The summed E-state index contributed by atoms with van der Waals surface area (Å²) in [5.74, 6) is -0.0429. The van der Waals surface area contributed by atoms with Crippen LogP contribution in [0.5, 0.6) is 17.2 Å². The number of fused-ring (bicyclic) bond motifs is 1. The van der Waals surface area contributed by atoms with Gasteiger partial charge in [-0.25, -0.2) is 4.79 Å². The Morgan fingerprint density at radius 3 is 2.15 bits per heavy atom. The molecule has 4 rings (SSSR count). The zero-order valence-corrected chi connectivity index (χ0v) is 24.8. The number of nitrogens with zero attached hydrogens (tertiary/aromatic N) is 2. The summed E-state index contributed by atoms with van der Waals surface area (Å²) < 4.78 is 24.3. The SMILES string of the molecule is CCOC(=O)c1nn(-c2ccc(Br)cc2)c(=O)c2c(NC(=O)c3cc(OCC)c(OCC)c(OCC)c3)scc12. The summed E-state index contributed by atoms with van der Waals surface area (Å²) in [5, 5.41) is 9.43. The molecule has 0 radical (unpaired) electrons. The second kappa shape index (κ2) is 13.0. The highest BCUT2D eigenvalue weighted by molar-refractivity contribution is 9.10. The maximum Gasteiger partial charge on any atom is 0.359 e. The molecule has 0 fully saturated rings. The van der Waals surface area contributed by atoms with Crippen LogP contribution >= 0.6 is 27.3 Å². The molecular weight excluding hydrogens is 602 g/mol. The van der Waals surface area contributed by atoms with Crippen LogP contribution < -0.4 is 25.1 Å². The number of rotatable bonds is 11. The first kappa shape index (κ1) is 29.1. The zero-order valence-electron chi connectivity index (χ0n) is 22.4. The van der Waals surface area contributed by atoms with E-state index in [0.717, 1.165) is 20.5 Å². The molecule has 4 aromatic rings. The number of halogens is 1. The zero-order chi connectivity index (χ0) is 28.8. The van der Waals surface area contributed by atoms with Crippen molar-refractivity contribution in [2.45, 2.75) is 27.7 Å². The number of hydrogen-bond donors (Lipinski definition) is 1. The predicted molar refractivity (Wildman–Crippen MR) is 157 cm³/mol. The average molecular weight is 631 g/mol. The van der Waals surface area contributed by atoms with Crippen LogP contribution in [0.3, 0.4) is 0 Å². The van der Waals surface area contributed by atoms with Gasteiger partial charge in [0.1, 0.15) is 5.00 Å². The Labute approximate surface area is 242 Å². The van der Waals surface area contributed by atoms with Crippen molar-refractivity contribution in [2.75, 3.05) is 31.7 Å². The van der Waals surface area contributed by atoms with Crippen LogP contribution in [0.1, 0.15) is 48.5 Å². The second-order valence-corrected chi connectivity index (χ2v) is 9.97. The third kappa shape index (κ3) is 5.97. The lowest BCUT2D eigenvalue weighted by molar-refractivity contribution is 0.0520. The number of carbonyl (C=O) groups is 2. The first-order chi connectivity index (χ1) is 19.3. The smallest absolute Gasteiger partial charge is 0.359 e. The molecule has 1 N–H and O–H groups in total. The van der Waals surface area contributed by atoms with Gasteiger partial charge >= 0.3 is 5.97 Å². The Bertz CT molecular complexity index is 1570. The molecule has 0 saturated heterocycles. The standard InChI is InChI=1S/C28H28BrN3O7S/c1-5-36-20-13-16(14-21(37-6-2)24(20)38-7-3)25(33)30-26-22-19(15-40-26)23(28(35)39-8-4)31-32(27(22)34)18-11-9-17(29)10-12-18/h9-15H,5-8H2,1-4H3,(H,30,33). The Hall–Kier alpha value is -3.90. The average Bonchev–Trinajstić information content (AvgIpc) is 3.35. The van der Waals surface area contributed by atoms with Crippen molar-refractivity contribution in [3.8, 4) is 22.9 Å². The molecule has 40 heavy (non-hydrogen) atoms. The number of hydrogen-bond acceptors (Lipinski definition) is 9. The molecule has 0 bridgehead atoms. The fourth-order valence-electron chi connectivity index (χ4n) is 3.94. The second-order valence-electron chi connectivity index (χ2n) is 8.17. The normalized spacial score (nSPS) is 10.8. The van der Waals surface area contributed by atoms with Gasteiger partial charge in [-0.1, -0.05) is 15.9 Å². The number of amides is 1. The van der Waals surface area contributed by atoms with Gasteiger partial charge in [0.05, 0.1) is 37.5 Å². The van der Waals surface area contributed by atoms with Crippen molar-refractivity contribution >= 4 is 54.9 Å². The van der Waals surface area contributed by atoms with Gasteiger partial charge in [-0.2, -0.15) is 9.78 Å². The van der Waals surface area contributed by atoms with Crippen LogP contribution in [0.15, 0.2) is 51.0 Å². The van der Waals surface area contributed by atoms with Gasteiger partial charge in [0, 0.05) is 20.8 Å². The van der Waals surface area contributed by atoms with Gasteiger partial charge in [-0.05, 0) is 64.1 Å². The summed E-state index contributed by atoms with van der Waals surface area (Å²) in [6.07, 6.45) is 0.